The number of hydrogen-bond acceptors (Lipinski definition) is 10. The van der Waals surface area contributed by atoms with Crippen molar-refractivity contribution in [3.05, 3.63) is 128 Å². The van der Waals surface area contributed by atoms with Gasteiger partial charge in [-0.1, -0.05) is 66.7 Å². The van der Waals surface area contributed by atoms with E-state index in [9.17, 15) is 24.3 Å². The average molecular weight is 659 g/mol. The summed E-state index contributed by atoms with van der Waals surface area (Å²) in [4.78, 5) is 60.2. The lowest BCUT2D eigenvalue weighted by Gasteiger charge is -2.31. The van der Waals surface area contributed by atoms with Crippen LogP contribution in [0.2, 0.25) is 0 Å². The minimum atomic E-state index is -2.65. The number of aliphatic hydroxyl groups is 1. The van der Waals surface area contributed by atoms with Crippen molar-refractivity contribution < 1.29 is 33.7 Å². The van der Waals surface area contributed by atoms with E-state index in [2.05, 4.69) is 36.1 Å². The molecule has 44 heavy (non-hydrogen) atoms. The summed E-state index contributed by atoms with van der Waals surface area (Å²) in [6.45, 7) is -0.526. The molecule has 1 fully saturated rings. The zero-order valence-corrected chi connectivity index (χ0v) is 24.3. The molecule has 1 saturated heterocycles. The Morgan fingerprint density at radius 3 is 2.07 bits per heavy atom. The number of nitrogens with zero attached hydrogens (tertiary/aromatic N) is 2. The van der Waals surface area contributed by atoms with Gasteiger partial charge in [-0.2, -0.15) is 5.10 Å². The maximum Gasteiger partial charge on any atom is 0.338 e. The molecule has 3 N–H and O–H groups in total. The lowest BCUT2D eigenvalue weighted by atomic mass is 9.82. The van der Waals surface area contributed by atoms with Gasteiger partial charge >= 0.3 is 11.9 Å². The van der Waals surface area contributed by atoms with Crippen LogP contribution in [0.3, 0.4) is 0 Å². The first kappa shape index (κ1) is 29.1. The summed E-state index contributed by atoms with van der Waals surface area (Å²) in [6.07, 6.45) is -4.77. The Kier molecular flexibility index (Phi) is 7.91. The van der Waals surface area contributed by atoms with Crippen LogP contribution in [-0.4, -0.2) is 67.4 Å². The smallest absolute Gasteiger partial charge is 0.338 e. The number of fused-ring (bicyclic) bond motifs is 1. The van der Waals surface area contributed by atoms with Gasteiger partial charge in [0.1, 0.15) is 28.5 Å². The van der Waals surface area contributed by atoms with E-state index in [4.69, 9.17) is 14.2 Å². The minimum Gasteiger partial charge on any atom is -0.459 e. The number of aromatic amines is 2. The van der Waals surface area contributed by atoms with Crippen molar-refractivity contribution >= 4 is 44.7 Å². The van der Waals surface area contributed by atoms with Crippen LogP contribution in [0.1, 0.15) is 43.0 Å². The number of ketones is 1. The Balaban J connectivity index is 1.45. The second kappa shape index (κ2) is 12.0. The van der Waals surface area contributed by atoms with Gasteiger partial charge < -0.3 is 24.3 Å². The molecule has 0 radical (unpaired) electrons. The maximum absolute atomic E-state index is 14.2. The zero-order valence-electron chi connectivity index (χ0n) is 22.7. The largest absolute Gasteiger partial charge is 0.459 e. The third-order valence-electron chi connectivity index (χ3n) is 7.16. The summed E-state index contributed by atoms with van der Waals surface area (Å²) in [5.74, 6) is -2.72. The zero-order chi connectivity index (χ0) is 30.8. The van der Waals surface area contributed by atoms with Crippen molar-refractivity contribution in [1.29, 1.82) is 0 Å². The Morgan fingerprint density at radius 2 is 1.45 bits per heavy atom. The molecule has 3 heterocycles. The standard InChI is InChI=1S/C31H23BrN4O8/c32-25-21-26(36-35-25)33-27(34-28(21)38)24-31(41,22(37)17-10-4-1-5-11-17)23(44-30(40)19-14-8-3-9-15-19)20(43-24)16-42-29(39)18-12-6-2-7-13-18/h1-15,20,23-24,41H,16H2,(H2,33,34,35,36,38)/t20-,23-,24+,31-/m0/s1. The molecule has 1 aliphatic rings. The van der Waals surface area contributed by atoms with Crippen molar-refractivity contribution in [2.75, 3.05) is 6.61 Å². The molecule has 0 amide bonds. The maximum atomic E-state index is 14.2. The van der Waals surface area contributed by atoms with E-state index in [1.165, 1.54) is 24.3 Å². The van der Waals surface area contributed by atoms with Crippen molar-refractivity contribution in [2.24, 2.45) is 0 Å². The number of carbonyl (C=O) groups excluding carboxylic acids is 3. The van der Waals surface area contributed by atoms with E-state index >= 15 is 0 Å². The van der Waals surface area contributed by atoms with E-state index in [0.29, 0.717) is 0 Å². The minimum absolute atomic E-state index is 0.0227. The van der Waals surface area contributed by atoms with Crippen LogP contribution in [-0.2, 0) is 14.2 Å². The van der Waals surface area contributed by atoms with E-state index in [1.807, 2.05) is 0 Å². The number of carbonyl (C=O) groups is 3. The Labute approximate surface area is 257 Å². The van der Waals surface area contributed by atoms with E-state index in [-0.39, 0.29) is 38.2 Å². The van der Waals surface area contributed by atoms with Gasteiger partial charge in [0.2, 0.25) is 11.4 Å². The molecule has 6 rings (SSSR count). The van der Waals surface area contributed by atoms with Crippen LogP contribution in [0.5, 0.6) is 0 Å². The fourth-order valence-electron chi connectivity index (χ4n) is 5.03. The van der Waals surface area contributed by atoms with Gasteiger partial charge in [0.05, 0.1) is 11.1 Å². The molecule has 5 aromatic rings. The molecule has 1 aliphatic heterocycles. The number of hydrogen-bond donors (Lipinski definition) is 3. The first-order chi connectivity index (χ1) is 21.3. The molecular weight excluding hydrogens is 636 g/mol. The molecule has 0 bridgehead atoms. The SMILES string of the molecule is O=C(OC[C@@H]1O[C@H](c2nc3n[nH]c(Br)c3c(=O)[nH]2)[C@](O)(C(=O)c2ccccc2)[C@H]1OC(=O)c1ccccc1)c1ccccc1. The number of nitrogens with one attached hydrogen (secondary N) is 2. The fourth-order valence-corrected chi connectivity index (χ4v) is 5.47. The third-order valence-corrected chi connectivity index (χ3v) is 7.73. The number of ether oxygens (including phenoxy) is 3. The average Bonchev–Trinajstić information content (AvgIpc) is 3.57. The van der Waals surface area contributed by atoms with Gasteiger partial charge in [0, 0.05) is 5.56 Å². The second-order valence-corrected chi connectivity index (χ2v) is 10.7. The lowest BCUT2D eigenvalue weighted by molar-refractivity contribution is -0.0641. The Morgan fingerprint density at radius 1 is 0.886 bits per heavy atom. The van der Waals surface area contributed by atoms with Crippen LogP contribution in [0.25, 0.3) is 11.0 Å². The van der Waals surface area contributed by atoms with Crippen LogP contribution >= 0.6 is 15.9 Å². The molecule has 0 spiro atoms. The van der Waals surface area contributed by atoms with Crippen molar-refractivity contribution in [2.45, 2.75) is 23.9 Å². The number of Topliss-reactive ketones (excluding diaryl/α,β-unsaturated/α-hetero) is 1. The summed E-state index contributed by atoms with van der Waals surface area (Å²) >= 11 is 3.20. The van der Waals surface area contributed by atoms with Gasteiger partial charge in [-0.05, 0) is 40.2 Å². The molecule has 3 aromatic carbocycles. The van der Waals surface area contributed by atoms with Crippen LogP contribution in [0.15, 0.2) is 100 Å². The highest BCUT2D eigenvalue weighted by atomic mass is 79.9. The van der Waals surface area contributed by atoms with E-state index < -0.39 is 53.8 Å². The fraction of sp³-hybridized carbons (Fsp3) is 0.161. The van der Waals surface area contributed by atoms with Gasteiger partial charge in [0.25, 0.3) is 5.56 Å². The predicted octanol–water partition coefficient (Wildman–Crippen LogP) is 3.55. The summed E-state index contributed by atoms with van der Waals surface area (Å²) in [5, 5.41) is 19.1. The van der Waals surface area contributed by atoms with Crippen LogP contribution in [0, 0.1) is 0 Å². The van der Waals surface area contributed by atoms with Gasteiger partial charge in [-0.25, -0.2) is 14.6 Å². The highest BCUT2D eigenvalue weighted by Crippen LogP contribution is 2.45. The van der Waals surface area contributed by atoms with Gasteiger partial charge in [-0.15, -0.1) is 0 Å². The summed E-state index contributed by atoms with van der Waals surface area (Å²) in [7, 11) is 0. The van der Waals surface area contributed by atoms with Gasteiger partial charge in [-0.3, -0.25) is 14.7 Å². The quantitative estimate of drug-likeness (QED) is 0.165. The first-order valence-corrected chi connectivity index (χ1v) is 14.2. The normalized spacial score (nSPS) is 21.2. The Hall–Kier alpha value is -4.98. The molecule has 0 unspecified atom stereocenters. The summed E-state index contributed by atoms with van der Waals surface area (Å²) < 4.78 is 17.7. The molecule has 222 valence electrons. The van der Waals surface area contributed by atoms with Crippen LogP contribution in [0.4, 0.5) is 0 Å². The second-order valence-electron chi connectivity index (χ2n) is 9.92. The van der Waals surface area contributed by atoms with E-state index in [1.54, 1.807) is 66.7 Å². The highest BCUT2D eigenvalue weighted by Gasteiger charge is 2.64. The number of H-pyrrole nitrogens is 2. The number of rotatable bonds is 8. The summed E-state index contributed by atoms with van der Waals surface area (Å²) in [5.41, 5.74) is -2.86. The molecule has 0 aliphatic carbocycles. The molecule has 0 saturated carbocycles. The van der Waals surface area contributed by atoms with Crippen LogP contribution < -0.4 is 5.56 Å². The number of esters is 2. The Bertz CT molecular complexity index is 1900. The number of aromatic nitrogens is 4. The first-order valence-electron chi connectivity index (χ1n) is 13.4. The third kappa shape index (κ3) is 5.32. The predicted molar refractivity (Wildman–Crippen MR) is 158 cm³/mol. The molecular formula is C31H23BrN4O8. The van der Waals surface area contributed by atoms with Gasteiger partial charge in [0.15, 0.2) is 17.9 Å². The van der Waals surface area contributed by atoms with E-state index in [0.717, 1.165) is 0 Å². The molecule has 4 atom stereocenters. The topological polar surface area (TPSA) is 174 Å². The van der Waals surface area contributed by atoms with Crippen molar-refractivity contribution in [3.8, 4) is 0 Å². The van der Waals surface area contributed by atoms with Crippen molar-refractivity contribution in [3.63, 3.8) is 0 Å². The molecule has 13 heteroatoms. The number of benzene rings is 3. The van der Waals surface area contributed by atoms with Crippen molar-refractivity contribution in [1.82, 2.24) is 20.2 Å². The molecule has 2 aromatic heterocycles. The highest BCUT2D eigenvalue weighted by molar-refractivity contribution is 9.10. The lowest BCUT2D eigenvalue weighted by Crippen LogP contribution is -2.54. The summed E-state index contributed by atoms with van der Waals surface area (Å²) in [6, 6.07) is 23.9. The monoisotopic (exact) mass is 658 g/mol. The molecule has 12 nitrogen and oxygen atoms in total. The number of halogens is 1.